The summed E-state index contributed by atoms with van der Waals surface area (Å²) in [5.74, 6) is 0.256. The van der Waals surface area contributed by atoms with E-state index in [0.717, 1.165) is 29.4 Å². The van der Waals surface area contributed by atoms with Gasteiger partial charge in [-0.2, -0.15) is 0 Å². The number of para-hydroxylation sites is 1. The van der Waals surface area contributed by atoms with Crippen LogP contribution in [-0.4, -0.2) is 49.1 Å². The quantitative estimate of drug-likeness (QED) is 0.724. The summed E-state index contributed by atoms with van der Waals surface area (Å²) in [5.41, 5.74) is 1.04. The molecule has 0 aliphatic carbocycles. The highest BCUT2D eigenvalue weighted by Gasteiger charge is 2.30. The Morgan fingerprint density at radius 2 is 2.10 bits per heavy atom. The van der Waals surface area contributed by atoms with Gasteiger partial charge in [-0.1, -0.05) is 12.1 Å². The van der Waals surface area contributed by atoms with Gasteiger partial charge in [0.15, 0.2) is 0 Å². The molecule has 1 aromatic rings. The number of hydrogen-bond acceptors (Lipinski definition) is 7. The Hall–Kier alpha value is -2.68. The van der Waals surface area contributed by atoms with Gasteiger partial charge >= 0.3 is 6.09 Å². The monoisotopic (exact) mass is 419 g/mol. The normalized spacial score (nSPS) is 20.8. The summed E-state index contributed by atoms with van der Waals surface area (Å²) >= 11 is 0.876. The number of carbonyl (C=O) groups is 3. The van der Waals surface area contributed by atoms with Gasteiger partial charge in [0.2, 0.25) is 0 Å². The van der Waals surface area contributed by atoms with E-state index in [-0.39, 0.29) is 11.3 Å². The fourth-order valence-electron chi connectivity index (χ4n) is 3.28. The molecule has 2 fully saturated rings. The molecule has 0 spiro atoms. The van der Waals surface area contributed by atoms with Crippen LogP contribution in [0.25, 0.3) is 6.08 Å². The molecule has 0 radical (unpaired) electrons. The summed E-state index contributed by atoms with van der Waals surface area (Å²) < 4.78 is 10.9. The highest BCUT2D eigenvalue weighted by Crippen LogP contribution is 2.37. The largest absolute Gasteiger partial charge is 0.495 e. The van der Waals surface area contributed by atoms with Gasteiger partial charge in [0.25, 0.3) is 11.1 Å². The average Bonchev–Trinajstić information content (AvgIpc) is 3.19. The number of hydrogen-bond donors (Lipinski definition) is 2. The summed E-state index contributed by atoms with van der Waals surface area (Å²) in [4.78, 5) is 37.9. The lowest BCUT2D eigenvalue weighted by atomic mass is 10.1. The number of benzene rings is 1. The van der Waals surface area contributed by atoms with Crippen LogP contribution in [0.15, 0.2) is 23.1 Å². The number of anilines is 1. The van der Waals surface area contributed by atoms with Gasteiger partial charge in [0.1, 0.15) is 11.4 Å². The van der Waals surface area contributed by atoms with E-state index in [1.807, 2.05) is 39.0 Å². The zero-order valence-corrected chi connectivity index (χ0v) is 17.7. The van der Waals surface area contributed by atoms with Gasteiger partial charge in [0.05, 0.1) is 23.7 Å². The molecule has 2 aliphatic heterocycles. The Balaban J connectivity index is 1.80. The SMILES string of the molecule is COc1cccc(/C=C2\SC(=O)NC2=O)c1N1CC[C@H](NC(=O)OC(C)(C)C)C1. The van der Waals surface area contributed by atoms with Crippen molar-refractivity contribution < 1.29 is 23.9 Å². The number of amides is 3. The van der Waals surface area contributed by atoms with Crippen LogP contribution in [0.1, 0.15) is 32.8 Å². The van der Waals surface area contributed by atoms with E-state index < -0.39 is 17.6 Å². The minimum absolute atomic E-state index is 0.0685. The van der Waals surface area contributed by atoms with Gasteiger partial charge in [0, 0.05) is 18.7 Å². The Bertz CT molecular complexity index is 862. The van der Waals surface area contributed by atoms with Gasteiger partial charge in [-0.3, -0.25) is 14.9 Å². The van der Waals surface area contributed by atoms with Crippen molar-refractivity contribution in [1.29, 1.82) is 0 Å². The number of methoxy groups -OCH3 is 1. The van der Waals surface area contributed by atoms with Crippen molar-refractivity contribution >= 4 is 40.8 Å². The van der Waals surface area contributed by atoms with Gasteiger partial charge in [-0.15, -0.1) is 0 Å². The molecule has 0 unspecified atom stereocenters. The second kappa shape index (κ2) is 8.36. The maximum atomic E-state index is 12.1. The summed E-state index contributed by atoms with van der Waals surface area (Å²) in [6.07, 6.45) is 2.00. The molecule has 9 heteroatoms. The molecule has 2 heterocycles. The first kappa shape index (κ1) is 21.0. The number of alkyl carbamates (subject to hydrolysis) is 1. The smallest absolute Gasteiger partial charge is 0.407 e. The van der Waals surface area contributed by atoms with Crippen LogP contribution in [0.2, 0.25) is 0 Å². The minimum atomic E-state index is -0.554. The standard InChI is InChI=1S/C20H25N3O5S/c1-20(2,3)28-18(25)21-13-8-9-23(11-13)16-12(6-5-7-14(16)27-4)10-15-17(24)22-19(26)29-15/h5-7,10,13H,8-9,11H2,1-4H3,(H,21,25)(H,22,24,26)/b15-10-/t13-/m0/s1. The molecule has 0 saturated carbocycles. The number of nitrogens with zero attached hydrogens (tertiary/aromatic N) is 1. The molecule has 2 saturated heterocycles. The van der Waals surface area contributed by atoms with E-state index >= 15 is 0 Å². The number of nitrogens with one attached hydrogen (secondary N) is 2. The van der Waals surface area contributed by atoms with Gasteiger partial charge < -0.3 is 19.7 Å². The van der Waals surface area contributed by atoms with Crippen LogP contribution in [-0.2, 0) is 9.53 Å². The van der Waals surface area contributed by atoms with E-state index in [0.29, 0.717) is 23.7 Å². The maximum absolute atomic E-state index is 12.1. The fourth-order valence-corrected chi connectivity index (χ4v) is 3.95. The van der Waals surface area contributed by atoms with Crippen molar-refractivity contribution in [2.75, 3.05) is 25.1 Å². The second-order valence-corrected chi connectivity index (χ2v) is 8.84. The van der Waals surface area contributed by atoms with Gasteiger partial charge in [-0.25, -0.2) is 4.79 Å². The van der Waals surface area contributed by atoms with E-state index in [1.54, 1.807) is 13.2 Å². The maximum Gasteiger partial charge on any atom is 0.407 e. The first-order valence-electron chi connectivity index (χ1n) is 9.32. The number of thioether (sulfide) groups is 1. The third-order valence-corrected chi connectivity index (χ3v) is 5.21. The minimum Gasteiger partial charge on any atom is -0.495 e. The predicted molar refractivity (Wildman–Crippen MR) is 112 cm³/mol. The molecular weight excluding hydrogens is 394 g/mol. The number of imide groups is 1. The zero-order valence-electron chi connectivity index (χ0n) is 16.9. The number of rotatable bonds is 4. The molecule has 156 valence electrons. The topological polar surface area (TPSA) is 97.0 Å². The molecule has 1 atom stereocenters. The second-order valence-electron chi connectivity index (χ2n) is 7.83. The molecule has 8 nitrogen and oxygen atoms in total. The molecular formula is C20H25N3O5S. The average molecular weight is 420 g/mol. The lowest BCUT2D eigenvalue weighted by Crippen LogP contribution is -2.40. The third-order valence-electron chi connectivity index (χ3n) is 4.40. The van der Waals surface area contributed by atoms with Crippen molar-refractivity contribution in [2.45, 2.75) is 38.8 Å². The van der Waals surface area contributed by atoms with Crippen LogP contribution in [0.4, 0.5) is 15.3 Å². The first-order valence-corrected chi connectivity index (χ1v) is 10.1. The summed E-state index contributed by atoms with van der Waals surface area (Å²) in [5, 5.41) is 4.79. The van der Waals surface area contributed by atoms with Crippen LogP contribution >= 0.6 is 11.8 Å². The lowest BCUT2D eigenvalue weighted by Gasteiger charge is -2.24. The molecule has 0 bridgehead atoms. The Kier molecular flexibility index (Phi) is 6.07. The lowest BCUT2D eigenvalue weighted by molar-refractivity contribution is -0.115. The molecule has 0 aromatic heterocycles. The molecule has 2 N–H and O–H groups in total. The van der Waals surface area contributed by atoms with Crippen LogP contribution in [0.3, 0.4) is 0 Å². The van der Waals surface area contributed by atoms with Crippen LogP contribution in [0.5, 0.6) is 5.75 Å². The number of ether oxygens (including phenoxy) is 2. The highest BCUT2D eigenvalue weighted by atomic mass is 32.2. The Morgan fingerprint density at radius 1 is 1.34 bits per heavy atom. The fraction of sp³-hybridized carbons (Fsp3) is 0.450. The van der Waals surface area contributed by atoms with Crippen LogP contribution < -0.4 is 20.3 Å². The highest BCUT2D eigenvalue weighted by molar-refractivity contribution is 8.18. The van der Waals surface area contributed by atoms with Crippen molar-refractivity contribution in [2.24, 2.45) is 0 Å². The zero-order chi connectivity index (χ0) is 21.2. The molecule has 29 heavy (non-hydrogen) atoms. The number of carbonyl (C=O) groups excluding carboxylic acids is 3. The summed E-state index contributed by atoms with van der Waals surface area (Å²) in [7, 11) is 1.59. The van der Waals surface area contributed by atoms with Crippen molar-refractivity contribution in [1.82, 2.24) is 10.6 Å². The van der Waals surface area contributed by atoms with Crippen molar-refractivity contribution in [3.05, 3.63) is 28.7 Å². The molecule has 3 rings (SSSR count). The first-order chi connectivity index (χ1) is 13.7. The molecule has 2 aliphatic rings. The molecule has 1 aromatic carbocycles. The predicted octanol–water partition coefficient (Wildman–Crippen LogP) is 3.12. The van der Waals surface area contributed by atoms with E-state index in [4.69, 9.17) is 9.47 Å². The Morgan fingerprint density at radius 3 is 2.72 bits per heavy atom. The van der Waals surface area contributed by atoms with E-state index in [1.165, 1.54) is 0 Å². The van der Waals surface area contributed by atoms with E-state index in [2.05, 4.69) is 15.5 Å². The Labute approximate surface area is 174 Å². The van der Waals surface area contributed by atoms with Crippen molar-refractivity contribution in [3.8, 4) is 5.75 Å². The van der Waals surface area contributed by atoms with E-state index in [9.17, 15) is 14.4 Å². The van der Waals surface area contributed by atoms with Gasteiger partial charge in [-0.05, 0) is 51.1 Å². The third kappa shape index (κ3) is 5.23. The summed E-state index contributed by atoms with van der Waals surface area (Å²) in [6, 6.07) is 5.48. The summed E-state index contributed by atoms with van der Waals surface area (Å²) in [6.45, 7) is 6.75. The molecule has 3 amide bonds. The van der Waals surface area contributed by atoms with Crippen molar-refractivity contribution in [3.63, 3.8) is 0 Å². The van der Waals surface area contributed by atoms with Crippen LogP contribution in [0, 0.1) is 0 Å².